The summed E-state index contributed by atoms with van der Waals surface area (Å²) in [6, 6.07) is 5.75. The first-order valence-corrected chi connectivity index (χ1v) is 13.7. The van der Waals surface area contributed by atoms with Gasteiger partial charge in [0.25, 0.3) is 5.91 Å². The molecule has 1 aromatic carbocycles. The first kappa shape index (κ1) is 26.4. The Hall–Kier alpha value is -2.19. The maximum Gasteiger partial charge on any atom is 0.251 e. The van der Waals surface area contributed by atoms with Gasteiger partial charge in [0.2, 0.25) is 15.9 Å². The second kappa shape index (κ2) is 10.2. The first-order chi connectivity index (χ1) is 15.9. The molecular weight excluding hydrogens is 450 g/mol. The van der Waals surface area contributed by atoms with Crippen LogP contribution >= 0.6 is 0 Å². The molecule has 8 heteroatoms. The summed E-state index contributed by atoms with van der Waals surface area (Å²) in [4.78, 5) is 24.6. The topological polar surface area (TPSA) is 95.6 Å². The van der Waals surface area contributed by atoms with Crippen LogP contribution in [0.15, 0.2) is 41.8 Å². The normalized spacial score (nSPS) is 22.8. The lowest BCUT2D eigenvalue weighted by Crippen LogP contribution is -2.56. The summed E-state index contributed by atoms with van der Waals surface area (Å²) >= 11 is 0. The average Bonchev–Trinajstić information content (AvgIpc) is 2.97. The fraction of sp³-hybridized carbons (Fsp3) is 0.615. The lowest BCUT2D eigenvalue weighted by molar-refractivity contribution is -0.117. The molecular formula is C26H39N3O4S. The Morgan fingerprint density at radius 1 is 1.09 bits per heavy atom. The summed E-state index contributed by atoms with van der Waals surface area (Å²) in [6.45, 7) is 11.5. The first-order valence-electron chi connectivity index (χ1n) is 12.3. The fourth-order valence-corrected chi connectivity index (χ4v) is 7.86. The number of nitrogens with zero attached hydrogens (tertiary/aromatic N) is 1. The molecule has 7 nitrogen and oxygen atoms in total. The molecule has 2 aliphatic rings. The molecule has 2 fully saturated rings. The molecule has 1 unspecified atom stereocenters. The number of sulfonamides is 1. The third kappa shape index (κ3) is 5.54. The van der Waals surface area contributed by atoms with Crippen molar-refractivity contribution in [3.05, 3.63) is 42.5 Å². The molecule has 1 aliphatic heterocycles. The van der Waals surface area contributed by atoms with Gasteiger partial charge in [-0.1, -0.05) is 38.7 Å². The molecule has 0 spiro atoms. The van der Waals surface area contributed by atoms with Crippen molar-refractivity contribution < 1.29 is 18.0 Å². The SMILES string of the molecule is C=CC(=O)NC1CC(C)(C)N(S(=O)(=O)c2ccc(C(=O)NCCC3CCCCC3)cc2)C1(C)C. The van der Waals surface area contributed by atoms with E-state index in [4.69, 9.17) is 0 Å². The van der Waals surface area contributed by atoms with Gasteiger partial charge in [0, 0.05) is 23.7 Å². The van der Waals surface area contributed by atoms with Gasteiger partial charge < -0.3 is 10.6 Å². The Balaban J connectivity index is 1.71. The Bertz CT molecular complexity index is 1010. The van der Waals surface area contributed by atoms with E-state index in [1.165, 1.54) is 54.6 Å². The van der Waals surface area contributed by atoms with Crippen LogP contribution in [0.1, 0.15) is 83.0 Å². The zero-order valence-corrected chi connectivity index (χ0v) is 21.7. The van der Waals surface area contributed by atoms with Crippen molar-refractivity contribution in [1.29, 1.82) is 0 Å². The molecule has 2 amide bonds. The molecule has 34 heavy (non-hydrogen) atoms. The van der Waals surface area contributed by atoms with Crippen molar-refractivity contribution in [2.45, 2.75) is 94.7 Å². The van der Waals surface area contributed by atoms with E-state index in [0.717, 1.165) is 6.42 Å². The molecule has 1 aliphatic carbocycles. The van der Waals surface area contributed by atoms with Crippen LogP contribution in [-0.2, 0) is 14.8 Å². The fourth-order valence-electron chi connectivity index (χ4n) is 5.70. The molecule has 188 valence electrons. The van der Waals surface area contributed by atoms with E-state index in [9.17, 15) is 18.0 Å². The Morgan fingerprint density at radius 2 is 1.71 bits per heavy atom. The van der Waals surface area contributed by atoms with E-state index in [1.807, 2.05) is 27.7 Å². The van der Waals surface area contributed by atoms with Crippen molar-refractivity contribution >= 4 is 21.8 Å². The van der Waals surface area contributed by atoms with Gasteiger partial charge in [-0.05, 0) is 76.8 Å². The summed E-state index contributed by atoms with van der Waals surface area (Å²) in [5.41, 5.74) is -1.12. The smallest absolute Gasteiger partial charge is 0.251 e. The van der Waals surface area contributed by atoms with E-state index in [1.54, 1.807) is 12.1 Å². The molecule has 1 saturated carbocycles. The second-order valence-corrected chi connectivity index (χ2v) is 12.6. The number of nitrogens with one attached hydrogen (secondary N) is 2. The van der Waals surface area contributed by atoms with E-state index in [2.05, 4.69) is 17.2 Å². The van der Waals surface area contributed by atoms with Gasteiger partial charge in [-0.15, -0.1) is 0 Å². The van der Waals surface area contributed by atoms with Crippen LogP contribution in [0.25, 0.3) is 0 Å². The molecule has 0 radical (unpaired) electrons. The number of hydrogen-bond acceptors (Lipinski definition) is 4. The van der Waals surface area contributed by atoms with Crippen LogP contribution in [0, 0.1) is 5.92 Å². The second-order valence-electron chi connectivity index (χ2n) is 10.8. The Morgan fingerprint density at radius 3 is 2.29 bits per heavy atom. The Labute approximate surface area is 204 Å². The highest BCUT2D eigenvalue weighted by atomic mass is 32.2. The van der Waals surface area contributed by atoms with Crippen molar-refractivity contribution in [2.24, 2.45) is 5.92 Å². The average molecular weight is 490 g/mol. The van der Waals surface area contributed by atoms with Crippen LogP contribution in [-0.4, -0.2) is 48.2 Å². The predicted molar refractivity (Wildman–Crippen MR) is 134 cm³/mol. The summed E-state index contributed by atoms with van der Waals surface area (Å²) in [5, 5.41) is 5.85. The molecule has 2 N–H and O–H groups in total. The van der Waals surface area contributed by atoms with Gasteiger partial charge in [-0.25, -0.2) is 8.42 Å². The van der Waals surface area contributed by atoms with Crippen LogP contribution in [0.3, 0.4) is 0 Å². The van der Waals surface area contributed by atoms with E-state index < -0.39 is 21.1 Å². The van der Waals surface area contributed by atoms with Crippen LogP contribution in [0.5, 0.6) is 0 Å². The third-order valence-electron chi connectivity index (χ3n) is 7.35. The van der Waals surface area contributed by atoms with Gasteiger partial charge in [0.1, 0.15) is 0 Å². The summed E-state index contributed by atoms with van der Waals surface area (Å²) in [5.74, 6) is 0.176. The summed E-state index contributed by atoms with van der Waals surface area (Å²) < 4.78 is 28.9. The molecule has 0 aromatic heterocycles. The standard InChI is InChI=1S/C26H39N3O4S/c1-6-23(30)28-22-18-25(2,3)29(26(22,4)5)34(32,33)21-14-12-20(13-15-21)24(31)27-17-16-19-10-8-7-9-11-19/h6,12-15,19,22H,1,7-11,16-18H2,2-5H3,(H,27,31)(H,28,30). The minimum absolute atomic E-state index is 0.128. The molecule has 1 heterocycles. The van der Waals surface area contributed by atoms with E-state index in [0.29, 0.717) is 24.4 Å². The van der Waals surface area contributed by atoms with Crippen LogP contribution < -0.4 is 10.6 Å². The van der Waals surface area contributed by atoms with Gasteiger partial charge in [0.05, 0.1) is 10.4 Å². The third-order valence-corrected chi connectivity index (χ3v) is 9.66. The predicted octanol–water partition coefficient (Wildman–Crippen LogP) is 4.01. The van der Waals surface area contributed by atoms with Crippen molar-refractivity contribution in [1.82, 2.24) is 14.9 Å². The molecule has 1 saturated heterocycles. The largest absolute Gasteiger partial charge is 0.352 e. The lowest BCUT2D eigenvalue weighted by atomic mass is 9.87. The number of amides is 2. The zero-order chi connectivity index (χ0) is 25.1. The molecule has 0 bridgehead atoms. The molecule has 1 atom stereocenters. The lowest BCUT2D eigenvalue weighted by Gasteiger charge is -2.40. The van der Waals surface area contributed by atoms with Crippen molar-refractivity contribution in [3.8, 4) is 0 Å². The number of carbonyl (C=O) groups excluding carboxylic acids is 2. The minimum atomic E-state index is -3.88. The molecule has 1 aromatic rings. The van der Waals surface area contributed by atoms with E-state index in [-0.39, 0.29) is 22.8 Å². The molecule has 3 rings (SSSR count). The van der Waals surface area contributed by atoms with E-state index >= 15 is 0 Å². The quantitative estimate of drug-likeness (QED) is 0.540. The monoisotopic (exact) mass is 489 g/mol. The van der Waals surface area contributed by atoms with Gasteiger partial charge >= 0.3 is 0 Å². The number of benzene rings is 1. The van der Waals surface area contributed by atoms with Gasteiger partial charge in [-0.3, -0.25) is 9.59 Å². The summed E-state index contributed by atoms with van der Waals surface area (Å²) in [7, 11) is -3.88. The number of hydrogen-bond donors (Lipinski definition) is 2. The van der Waals surface area contributed by atoms with Gasteiger partial charge in [-0.2, -0.15) is 4.31 Å². The highest BCUT2D eigenvalue weighted by molar-refractivity contribution is 7.89. The van der Waals surface area contributed by atoms with Crippen molar-refractivity contribution in [2.75, 3.05) is 6.54 Å². The minimum Gasteiger partial charge on any atom is -0.352 e. The van der Waals surface area contributed by atoms with Crippen molar-refractivity contribution in [3.63, 3.8) is 0 Å². The summed E-state index contributed by atoms with van der Waals surface area (Å²) in [6.07, 6.45) is 9.00. The zero-order valence-electron chi connectivity index (χ0n) is 20.9. The number of rotatable bonds is 8. The maximum absolute atomic E-state index is 13.7. The van der Waals surface area contributed by atoms with Crippen LogP contribution in [0.2, 0.25) is 0 Å². The number of carbonyl (C=O) groups is 2. The van der Waals surface area contributed by atoms with Crippen LogP contribution in [0.4, 0.5) is 0 Å². The highest BCUT2D eigenvalue weighted by Gasteiger charge is 2.57. The Kier molecular flexibility index (Phi) is 7.92. The highest BCUT2D eigenvalue weighted by Crippen LogP contribution is 2.44. The van der Waals surface area contributed by atoms with Gasteiger partial charge in [0.15, 0.2) is 0 Å². The maximum atomic E-state index is 13.7.